The van der Waals surface area contributed by atoms with Gasteiger partial charge in [-0.2, -0.15) is 0 Å². The number of esters is 1. The maximum absolute atomic E-state index is 11.9. The van der Waals surface area contributed by atoms with Crippen molar-refractivity contribution in [1.82, 2.24) is 0 Å². The van der Waals surface area contributed by atoms with Crippen LogP contribution in [0.25, 0.3) is 5.57 Å². The van der Waals surface area contributed by atoms with Crippen molar-refractivity contribution in [3.05, 3.63) is 77.5 Å². The number of hydrogen-bond donors (Lipinski definition) is 1. The second kappa shape index (κ2) is 4.61. The van der Waals surface area contributed by atoms with Gasteiger partial charge in [0.15, 0.2) is 11.9 Å². The molecule has 0 aliphatic carbocycles. The summed E-state index contributed by atoms with van der Waals surface area (Å²) in [6.45, 7) is 0. The van der Waals surface area contributed by atoms with Gasteiger partial charge in [-0.1, -0.05) is 60.7 Å². The molecule has 94 valence electrons. The SMILES string of the molecule is O=C1O[C@H](c2ccccc2)C(O)=C1c1ccccc1. The van der Waals surface area contributed by atoms with E-state index in [-0.39, 0.29) is 11.3 Å². The Morgan fingerprint density at radius 3 is 2.11 bits per heavy atom. The van der Waals surface area contributed by atoms with Crippen LogP contribution in [0.4, 0.5) is 0 Å². The molecule has 1 aliphatic rings. The Morgan fingerprint density at radius 1 is 0.895 bits per heavy atom. The van der Waals surface area contributed by atoms with Crippen LogP contribution in [-0.2, 0) is 9.53 Å². The zero-order chi connectivity index (χ0) is 13.2. The molecule has 2 aromatic rings. The molecule has 0 spiro atoms. The zero-order valence-corrected chi connectivity index (χ0v) is 10.1. The van der Waals surface area contributed by atoms with E-state index in [2.05, 4.69) is 0 Å². The van der Waals surface area contributed by atoms with Gasteiger partial charge in [0.2, 0.25) is 0 Å². The summed E-state index contributed by atoms with van der Waals surface area (Å²) in [4.78, 5) is 11.9. The Bertz CT molecular complexity index is 630. The van der Waals surface area contributed by atoms with E-state index in [4.69, 9.17) is 4.74 Å². The van der Waals surface area contributed by atoms with Gasteiger partial charge in [-0.25, -0.2) is 4.79 Å². The van der Waals surface area contributed by atoms with Crippen LogP contribution in [0, 0.1) is 0 Å². The van der Waals surface area contributed by atoms with Gasteiger partial charge >= 0.3 is 5.97 Å². The molecule has 1 heterocycles. The van der Waals surface area contributed by atoms with Crippen molar-refractivity contribution in [2.45, 2.75) is 6.10 Å². The fraction of sp³-hybridized carbons (Fsp3) is 0.0625. The molecular weight excluding hydrogens is 240 g/mol. The van der Waals surface area contributed by atoms with Gasteiger partial charge in [-0.15, -0.1) is 0 Å². The van der Waals surface area contributed by atoms with Crippen LogP contribution in [-0.4, -0.2) is 11.1 Å². The van der Waals surface area contributed by atoms with E-state index in [9.17, 15) is 9.90 Å². The van der Waals surface area contributed by atoms with Crippen molar-refractivity contribution >= 4 is 11.5 Å². The molecule has 0 radical (unpaired) electrons. The van der Waals surface area contributed by atoms with Crippen molar-refractivity contribution in [2.24, 2.45) is 0 Å². The molecule has 0 bridgehead atoms. The number of rotatable bonds is 2. The fourth-order valence-electron chi connectivity index (χ4n) is 2.18. The molecule has 3 nitrogen and oxygen atoms in total. The van der Waals surface area contributed by atoms with Crippen molar-refractivity contribution in [3.8, 4) is 0 Å². The van der Waals surface area contributed by atoms with E-state index in [0.717, 1.165) is 5.56 Å². The summed E-state index contributed by atoms with van der Waals surface area (Å²) in [5, 5.41) is 10.3. The Labute approximate surface area is 110 Å². The number of ether oxygens (including phenoxy) is 1. The van der Waals surface area contributed by atoms with Crippen molar-refractivity contribution < 1.29 is 14.6 Å². The summed E-state index contributed by atoms with van der Waals surface area (Å²) in [5.74, 6) is -0.514. The molecule has 0 saturated carbocycles. The molecule has 1 aliphatic heterocycles. The lowest BCUT2D eigenvalue weighted by Crippen LogP contribution is -2.03. The van der Waals surface area contributed by atoms with Crippen LogP contribution < -0.4 is 0 Å². The van der Waals surface area contributed by atoms with E-state index < -0.39 is 12.1 Å². The van der Waals surface area contributed by atoms with E-state index >= 15 is 0 Å². The first kappa shape index (κ1) is 11.5. The number of hydrogen-bond acceptors (Lipinski definition) is 3. The van der Waals surface area contributed by atoms with E-state index in [1.807, 2.05) is 48.5 Å². The third-order valence-electron chi connectivity index (χ3n) is 3.10. The maximum Gasteiger partial charge on any atom is 0.343 e. The Balaban J connectivity index is 2.05. The van der Waals surface area contributed by atoms with Crippen LogP contribution >= 0.6 is 0 Å². The predicted molar refractivity (Wildman–Crippen MR) is 71.3 cm³/mol. The van der Waals surface area contributed by atoms with Gasteiger partial charge in [0.1, 0.15) is 5.57 Å². The molecule has 0 unspecified atom stereocenters. The Hall–Kier alpha value is -2.55. The van der Waals surface area contributed by atoms with Gasteiger partial charge < -0.3 is 9.84 Å². The highest BCUT2D eigenvalue weighted by atomic mass is 16.6. The number of benzene rings is 2. The largest absolute Gasteiger partial charge is 0.507 e. The van der Waals surface area contributed by atoms with Crippen LogP contribution in [0.1, 0.15) is 17.2 Å². The van der Waals surface area contributed by atoms with Gasteiger partial charge in [0, 0.05) is 5.56 Å². The van der Waals surface area contributed by atoms with E-state index in [0.29, 0.717) is 5.56 Å². The lowest BCUT2D eigenvalue weighted by Gasteiger charge is -2.09. The highest BCUT2D eigenvalue weighted by Gasteiger charge is 2.35. The molecule has 0 saturated heterocycles. The van der Waals surface area contributed by atoms with Crippen LogP contribution in [0.2, 0.25) is 0 Å². The molecule has 0 fully saturated rings. The minimum absolute atomic E-state index is 0.0256. The first-order valence-electron chi connectivity index (χ1n) is 6.02. The molecule has 0 aromatic heterocycles. The van der Waals surface area contributed by atoms with Crippen LogP contribution in [0.15, 0.2) is 66.4 Å². The highest BCUT2D eigenvalue weighted by molar-refractivity contribution is 6.19. The monoisotopic (exact) mass is 252 g/mol. The summed E-state index contributed by atoms with van der Waals surface area (Å²) >= 11 is 0. The summed E-state index contributed by atoms with van der Waals surface area (Å²) in [7, 11) is 0. The summed E-state index contributed by atoms with van der Waals surface area (Å²) in [6, 6.07) is 18.3. The van der Waals surface area contributed by atoms with Crippen molar-refractivity contribution in [3.63, 3.8) is 0 Å². The third kappa shape index (κ3) is 1.99. The number of aliphatic hydroxyl groups excluding tert-OH is 1. The van der Waals surface area contributed by atoms with E-state index in [1.165, 1.54) is 0 Å². The normalized spacial score (nSPS) is 18.5. The molecule has 2 aromatic carbocycles. The number of aliphatic hydroxyl groups is 1. The maximum atomic E-state index is 11.9. The topological polar surface area (TPSA) is 46.5 Å². The summed E-state index contributed by atoms with van der Waals surface area (Å²) < 4.78 is 5.26. The average molecular weight is 252 g/mol. The van der Waals surface area contributed by atoms with Crippen molar-refractivity contribution in [2.75, 3.05) is 0 Å². The molecular formula is C16H12O3. The molecule has 0 amide bonds. The second-order valence-corrected chi connectivity index (χ2v) is 4.32. The third-order valence-corrected chi connectivity index (χ3v) is 3.10. The molecule has 1 N–H and O–H groups in total. The quantitative estimate of drug-likeness (QED) is 0.834. The van der Waals surface area contributed by atoms with E-state index in [1.54, 1.807) is 12.1 Å². The first-order valence-corrected chi connectivity index (χ1v) is 6.02. The summed E-state index contributed by atoms with van der Waals surface area (Å²) in [6.07, 6.45) is -0.705. The van der Waals surface area contributed by atoms with Gasteiger partial charge in [0.25, 0.3) is 0 Å². The van der Waals surface area contributed by atoms with Gasteiger partial charge in [-0.3, -0.25) is 0 Å². The minimum atomic E-state index is -0.705. The Morgan fingerprint density at radius 2 is 1.47 bits per heavy atom. The van der Waals surface area contributed by atoms with Gasteiger partial charge in [-0.05, 0) is 5.56 Å². The lowest BCUT2D eigenvalue weighted by molar-refractivity contribution is -0.138. The molecule has 1 atom stereocenters. The number of carbonyl (C=O) groups is 1. The molecule has 3 rings (SSSR count). The summed E-state index contributed by atoms with van der Waals surface area (Å²) in [5.41, 5.74) is 1.68. The lowest BCUT2D eigenvalue weighted by atomic mass is 10.0. The molecule has 3 heteroatoms. The second-order valence-electron chi connectivity index (χ2n) is 4.32. The zero-order valence-electron chi connectivity index (χ0n) is 10.1. The average Bonchev–Trinajstić information content (AvgIpc) is 2.76. The predicted octanol–water partition coefficient (Wildman–Crippen LogP) is 3.25. The van der Waals surface area contributed by atoms with Crippen molar-refractivity contribution in [1.29, 1.82) is 0 Å². The first-order chi connectivity index (χ1) is 9.27. The number of carbonyl (C=O) groups excluding carboxylic acids is 1. The minimum Gasteiger partial charge on any atom is -0.507 e. The fourth-order valence-corrected chi connectivity index (χ4v) is 2.18. The Kier molecular flexibility index (Phi) is 2.80. The number of cyclic esters (lactones) is 1. The molecule has 19 heavy (non-hydrogen) atoms. The smallest absolute Gasteiger partial charge is 0.343 e. The highest BCUT2D eigenvalue weighted by Crippen LogP contribution is 2.37. The van der Waals surface area contributed by atoms with Crippen LogP contribution in [0.5, 0.6) is 0 Å². The van der Waals surface area contributed by atoms with Crippen LogP contribution in [0.3, 0.4) is 0 Å². The van der Waals surface area contributed by atoms with Gasteiger partial charge in [0.05, 0.1) is 0 Å². The standard InChI is InChI=1S/C16H12O3/c17-14-13(11-7-3-1-4-8-11)16(18)19-15(14)12-9-5-2-6-10-12/h1-10,15,17H/t15-/m1/s1.